The first-order valence-corrected chi connectivity index (χ1v) is 8.80. The van der Waals surface area contributed by atoms with E-state index in [0.29, 0.717) is 36.1 Å². The van der Waals surface area contributed by atoms with E-state index < -0.39 is 0 Å². The minimum Gasteiger partial charge on any atom is -0.436 e. The highest BCUT2D eigenvalue weighted by Crippen LogP contribution is 2.30. The van der Waals surface area contributed by atoms with Crippen molar-refractivity contribution in [3.63, 3.8) is 0 Å². The van der Waals surface area contributed by atoms with Gasteiger partial charge in [-0.05, 0) is 38.1 Å². The molecular formula is C21H20N4O2. The molecule has 0 radical (unpaired) electrons. The molecule has 0 atom stereocenters. The average molecular weight is 360 g/mol. The van der Waals surface area contributed by atoms with Gasteiger partial charge in [0.05, 0.1) is 5.56 Å². The lowest BCUT2D eigenvalue weighted by Crippen LogP contribution is -2.29. The Morgan fingerprint density at radius 2 is 1.74 bits per heavy atom. The van der Waals surface area contributed by atoms with E-state index in [2.05, 4.69) is 15.1 Å². The highest BCUT2D eigenvalue weighted by molar-refractivity contribution is 6.01. The molecule has 0 unspecified atom stereocenters. The quantitative estimate of drug-likeness (QED) is 0.251. The number of aromatic nitrogens is 2. The van der Waals surface area contributed by atoms with Crippen molar-refractivity contribution in [2.24, 2.45) is 5.16 Å². The van der Waals surface area contributed by atoms with Crippen LogP contribution in [0.4, 0.5) is 0 Å². The van der Waals surface area contributed by atoms with Crippen molar-refractivity contribution in [3.8, 4) is 11.6 Å². The smallest absolute Gasteiger partial charge is 0.230 e. The lowest BCUT2D eigenvalue weighted by atomic mass is 10.2. The topological polar surface area (TPSA) is 70.8 Å². The van der Waals surface area contributed by atoms with E-state index in [-0.39, 0.29) is 0 Å². The van der Waals surface area contributed by atoms with Crippen molar-refractivity contribution in [1.82, 2.24) is 14.9 Å². The molecule has 1 aliphatic rings. The maximum absolute atomic E-state index is 9.63. The first-order chi connectivity index (χ1) is 13.2. The number of fused-ring (bicyclic) bond motifs is 1. The van der Waals surface area contributed by atoms with Crippen LogP contribution in [-0.4, -0.2) is 39.0 Å². The van der Waals surface area contributed by atoms with Crippen molar-refractivity contribution in [2.45, 2.75) is 13.8 Å². The molecule has 0 bridgehead atoms. The molecule has 1 N–H and O–H groups in total. The summed E-state index contributed by atoms with van der Waals surface area (Å²) >= 11 is 0. The van der Waals surface area contributed by atoms with Crippen molar-refractivity contribution in [1.29, 1.82) is 0 Å². The molecule has 0 fully saturated rings. The Morgan fingerprint density at radius 3 is 2.52 bits per heavy atom. The van der Waals surface area contributed by atoms with Crippen LogP contribution in [-0.2, 0) is 0 Å². The van der Waals surface area contributed by atoms with E-state index in [1.54, 1.807) is 0 Å². The Hall–Kier alpha value is -3.41. The molecule has 3 heterocycles. The second-order valence-electron chi connectivity index (χ2n) is 6.49. The van der Waals surface area contributed by atoms with E-state index in [0.717, 1.165) is 22.3 Å². The van der Waals surface area contributed by atoms with Gasteiger partial charge in [-0.25, -0.2) is 9.97 Å². The minimum absolute atomic E-state index is 0.394. The fourth-order valence-corrected chi connectivity index (χ4v) is 3.12. The summed E-state index contributed by atoms with van der Waals surface area (Å²) in [5, 5.41) is 14.1. The van der Waals surface area contributed by atoms with E-state index in [4.69, 9.17) is 4.74 Å². The molecule has 27 heavy (non-hydrogen) atoms. The van der Waals surface area contributed by atoms with Gasteiger partial charge in [0.2, 0.25) is 5.88 Å². The van der Waals surface area contributed by atoms with Gasteiger partial charge >= 0.3 is 0 Å². The van der Waals surface area contributed by atoms with Crippen LogP contribution in [0.5, 0.6) is 11.6 Å². The molecule has 6 heteroatoms. The summed E-state index contributed by atoms with van der Waals surface area (Å²) in [6.07, 6.45) is 4.06. The van der Waals surface area contributed by atoms with Gasteiger partial charge in [0.1, 0.15) is 5.52 Å². The lowest BCUT2D eigenvalue weighted by molar-refractivity contribution is 0.307. The number of para-hydroxylation sites is 1. The fourth-order valence-electron chi connectivity index (χ4n) is 3.12. The van der Waals surface area contributed by atoms with Crippen molar-refractivity contribution < 1.29 is 9.94 Å². The Kier molecular flexibility index (Phi) is 4.46. The van der Waals surface area contributed by atoms with Crippen molar-refractivity contribution in [2.75, 3.05) is 13.1 Å². The molecule has 1 aliphatic heterocycles. The lowest BCUT2D eigenvalue weighted by Gasteiger charge is -2.20. The van der Waals surface area contributed by atoms with Gasteiger partial charge < -0.3 is 14.8 Å². The Bertz CT molecular complexity index is 1050. The Labute approximate surface area is 157 Å². The maximum atomic E-state index is 9.63. The highest BCUT2D eigenvalue weighted by atomic mass is 16.5. The summed E-state index contributed by atoms with van der Waals surface area (Å²) in [4.78, 5) is 11.1. The third-order valence-corrected chi connectivity index (χ3v) is 4.48. The van der Waals surface area contributed by atoms with Gasteiger partial charge in [0, 0.05) is 29.9 Å². The van der Waals surface area contributed by atoms with Crippen LogP contribution in [0.25, 0.3) is 10.9 Å². The number of amidine groups is 1. The second kappa shape index (κ2) is 7.07. The molecule has 0 aliphatic carbocycles. The number of hydrogen-bond donors (Lipinski definition) is 1. The predicted molar refractivity (Wildman–Crippen MR) is 105 cm³/mol. The van der Waals surface area contributed by atoms with Gasteiger partial charge in [-0.1, -0.05) is 35.5 Å². The highest BCUT2D eigenvalue weighted by Gasteiger charge is 2.21. The maximum Gasteiger partial charge on any atom is 0.230 e. The van der Waals surface area contributed by atoms with Crippen LogP contribution in [0.3, 0.4) is 0 Å². The first-order valence-electron chi connectivity index (χ1n) is 8.80. The average Bonchev–Trinajstić information content (AvgIpc) is 3.19. The third-order valence-electron chi connectivity index (χ3n) is 4.48. The van der Waals surface area contributed by atoms with Crippen LogP contribution in [0.2, 0.25) is 0 Å². The van der Waals surface area contributed by atoms with Gasteiger partial charge in [-0.15, -0.1) is 0 Å². The predicted octanol–water partition coefficient (Wildman–Crippen LogP) is 4.05. The monoisotopic (exact) mass is 360 g/mol. The molecule has 1 aromatic carbocycles. The molecule has 4 rings (SSSR count). The van der Waals surface area contributed by atoms with E-state index in [1.165, 1.54) is 0 Å². The van der Waals surface area contributed by atoms with Crippen LogP contribution in [0, 0.1) is 13.8 Å². The van der Waals surface area contributed by atoms with Gasteiger partial charge in [0.25, 0.3) is 0 Å². The molecule has 136 valence electrons. The summed E-state index contributed by atoms with van der Waals surface area (Å²) < 4.78 is 6.19. The van der Waals surface area contributed by atoms with Gasteiger partial charge in [0.15, 0.2) is 11.6 Å². The normalized spacial score (nSPS) is 14.1. The Morgan fingerprint density at radius 1 is 1.00 bits per heavy atom. The van der Waals surface area contributed by atoms with Gasteiger partial charge in [-0.2, -0.15) is 0 Å². The molecule has 2 aromatic heterocycles. The molecule has 3 aromatic rings. The molecule has 0 saturated heterocycles. The minimum atomic E-state index is 0.394. The number of rotatable bonds is 3. The SMILES string of the molecule is Cc1ccc(/C(=N/O)N2CC=CC2)c(Oc2cccc3ccc(C)nc23)n1. The molecule has 6 nitrogen and oxygen atoms in total. The molecule has 0 amide bonds. The van der Waals surface area contributed by atoms with E-state index in [1.807, 2.05) is 73.4 Å². The summed E-state index contributed by atoms with van der Waals surface area (Å²) in [6, 6.07) is 13.5. The Balaban J connectivity index is 1.79. The standard InChI is InChI=1S/C21H20N4O2/c1-14-8-10-16-6-5-7-18(19(16)22-14)27-21-17(11-9-15(2)23-21)20(24-26)25-12-3-4-13-25/h3-11,26H,12-13H2,1-2H3/b24-20-. The van der Waals surface area contributed by atoms with E-state index in [9.17, 15) is 5.21 Å². The fraction of sp³-hybridized carbons (Fsp3) is 0.190. The largest absolute Gasteiger partial charge is 0.436 e. The first kappa shape index (κ1) is 17.0. The summed E-state index contributed by atoms with van der Waals surface area (Å²) in [6.45, 7) is 5.21. The number of oxime groups is 1. The van der Waals surface area contributed by atoms with E-state index >= 15 is 0 Å². The van der Waals surface area contributed by atoms with Crippen LogP contribution >= 0.6 is 0 Å². The number of aryl methyl sites for hydroxylation is 2. The number of ether oxygens (including phenoxy) is 1. The van der Waals surface area contributed by atoms with Crippen LogP contribution < -0.4 is 4.74 Å². The zero-order valence-corrected chi connectivity index (χ0v) is 15.3. The number of pyridine rings is 2. The number of hydrogen-bond acceptors (Lipinski definition) is 5. The van der Waals surface area contributed by atoms with Crippen molar-refractivity contribution >= 4 is 16.7 Å². The zero-order valence-electron chi connectivity index (χ0n) is 15.3. The number of nitrogens with zero attached hydrogens (tertiary/aromatic N) is 4. The molecule has 0 saturated carbocycles. The zero-order chi connectivity index (χ0) is 18.8. The summed E-state index contributed by atoms with van der Waals surface area (Å²) in [5.74, 6) is 1.45. The summed E-state index contributed by atoms with van der Waals surface area (Å²) in [5.41, 5.74) is 3.14. The second-order valence-corrected chi connectivity index (χ2v) is 6.49. The summed E-state index contributed by atoms with van der Waals surface area (Å²) in [7, 11) is 0. The molecular weight excluding hydrogens is 340 g/mol. The van der Waals surface area contributed by atoms with Crippen LogP contribution in [0.15, 0.2) is 59.8 Å². The van der Waals surface area contributed by atoms with Crippen LogP contribution in [0.1, 0.15) is 17.0 Å². The van der Waals surface area contributed by atoms with Gasteiger partial charge in [-0.3, -0.25) is 0 Å². The number of benzene rings is 1. The molecule has 0 spiro atoms. The van der Waals surface area contributed by atoms with Crippen molar-refractivity contribution in [3.05, 3.63) is 71.6 Å². The third kappa shape index (κ3) is 3.33.